The average molecular weight is 277 g/mol. The Labute approximate surface area is 117 Å². The minimum Gasteiger partial charge on any atom is -0.396 e. The van der Waals surface area contributed by atoms with Gasteiger partial charge in [-0.1, -0.05) is 6.92 Å². The lowest BCUT2D eigenvalue weighted by molar-refractivity contribution is 0.0942. The monoisotopic (exact) mass is 277 g/mol. The second-order valence-corrected chi connectivity index (χ2v) is 4.92. The SMILES string of the molecule is Cc1ccnc2nc(C(=O)NCCCC(C)CO)nn12. The van der Waals surface area contributed by atoms with Crippen molar-refractivity contribution >= 4 is 11.7 Å². The van der Waals surface area contributed by atoms with Gasteiger partial charge in [0.25, 0.3) is 11.7 Å². The van der Waals surface area contributed by atoms with Crippen LogP contribution >= 0.6 is 0 Å². The molecule has 0 aliphatic carbocycles. The van der Waals surface area contributed by atoms with Crippen LogP contribution in [0.1, 0.15) is 36.1 Å². The predicted octanol–water partition coefficient (Wildman–Crippen LogP) is 0.571. The van der Waals surface area contributed by atoms with Crippen molar-refractivity contribution in [2.24, 2.45) is 5.92 Å². The first-order valence-electron chi connectivity index (χ1n) is 6.69. The summed E-state index contributed by atoms with van der Waals surface area (Å²) in [5.74, 6) is 0.504. The van der Waals surface area contributed by atoms with Gasteiger partial charge in [0.15, 0.2) is 0 Å². The summed E-state index contributed by atoms with van der Waals surface area (Å²) in [6.07, 6.45) is 3.32. The number of amides is 1. The molecule has 108 valence electrons. The summed E-state index contributed by atoms with van der Waals surface area (Å²) in [5.41, 5.74) is 0.873. The molecule has 2 aromatic heterocycles. The Balaban J connectivity index is 1.93. The number of carbonyl (C=O) groups is 1. The Hall–Kier alpha value is -2.02. The van der Waals surface area contributed by atoms with Gasteiger partial charge < -0.3 is 10.4 Å². The molecule has 2 rings (SSSR count). The van der Waals surface area contributed by atoms with Gasteiger partial charge >= 0.3 is 0 Å². The van der Waals surface area contributed by atoms with Crippen LogP contribution in [0.15, 0.2) is 12.3 Å². The van der Waals surface area contributed by atoms with Crippen LogP contribution in [0.2, 0.25) is 0 Å². The number of hydrogen-bond acceptors (Lipinski definition) is 5. The average Bonchev–Trinajstić information content (AvgIpc) is 2.88. The van der Waals surface area contributed by atoms with Crippen LogP contribution in [0.4, 0.5) is 0 Å². The smallest absolute Gasteiger partial charge is 0.291 e. The van der Waals surface area contributed by atoms with Gasteiger partial charge in [0.1, 0.15) is 0 Å². The fourth-order valence-corrected chi connectivity index (χ4v) is 1.83. The number of aliphatic hydroxyl groups excluding tert-OH is 1. The van der Waals surface area contributed by atoms with Gasteiger partial charge in [0, 0.05) is 25.0 Å². The molecule has 1 amide bonds. The molecule has 2 aromatic rings. The number of fused-ring (bicyclic) bond motifs is 1. The number of aliphatic hydroxyl groups is 1. The van der Waals surface area contributed by atoms with E-state index in [9.17, 15) is 4.79 Å². The maximum atomic E-state index is 11.9. The van der Waals surface area contributed by atoms with E-state index in [0.717, 1.165) is 18.5 Å². The highest BCUT2D eigenvalue weighted by Gasteiger charge is 2.13. The molecular weight excluding hydrogens is 258 g/mol. The summed E-state index contributed by atoms with van der Waals surface area (Å²) >= 11 is 0. The molecule has 7 heteroatoms. The molecule has 2 heterocycles. The fourth-order valence-electron chi connectivity index (χ4n) is 1.83. The predicted molar refractivity (Wildman–Crippen MR) is 73.3 cm³/mol. The van der Waals surface area contributed by atoms with Crippen molar-refractivity contribution in [1.29, 1.82) is 0 Å². The second kappa shape index (κ2) is 6.42. The maximum absolute atomic E-state index is 11.9. The Kier molecular flexibility index (Phi) is 4.62. The summed E-state index contributed by atoms with van der Waals surface area (Å²) in [4.78, 5) is 20.1. The van der Waals surface area contributed by atoms with E-state index in [-0.39, 0.29) is 24.3 Å². The topological polar surface area (TPSA) is 92.4 Å². The van der Waals surface area contributed by atoms with E-state index in [1.807, 2.05) is 13.8 Å². The molecule has 7 nitrogen and oxygen atoms in total. The first-order valence-corrected chi connectivity index (χ1v) is 6.69. The van der Waals surface area contributed by atoms with Gasteiger partial charge in [-0.25, -0.2) is 9.50 Å². The van der Waals surface area contributed by atoms with Crippen LogP contribution in [-0.2, 0) is 0 Å². The Morgan fingerprint density at radius 1 is 1.55 bits per heavy atom. The lowest BCUT2D eigenvalue weighted by Gasteiger charge is -2.07. The van der Waals surface area contributed by atoms with Crippen molar-refractivity contribution in [2.75, 3.05) is 13.2 Å². The molecule has 1 atom stereocenters. The standard InChI is InChI=1S/C13H19N5O2/c1-9(8-19)4-3-6-14-12(20)11-16-13-15-7-5-10(2)18(13)17-11/h5,7,9,19H,3-4,6,8H2,1-2H3,(H,14,20). The Morgan fingerprint density at radius 3 is 3.05 bits per heavy atom. The first kappa shape index (κ1) is 14.4. The normalized spacial score (nSPS) is 12.6. The highest BCUT2D eigenvalue weighted by molar-refractivity contribution is 5.90. The first-order chi connectivity index (χ1) is 9.61. The van der Waals surface area contributed by atoms with Crippen molar-refractivity contribution in [3.8, 4) is 0 Å². The number of rotatable bonds is 6. The maximum Gasteiger partial charge on any atom is 0.291 e. The third kappa shape index (κ3) is 3.30. The molecule has 0 saturated heterocycles. The highest BCUT2D eigenvalue weighted by Crippen LogP contribution is 2.04. The fraction of sp³-hybridized carbons (Fsp3) is 0.538. The van der Waals surface area contributed by atoms with Crippen molar-refractivity contribution in [2.45, 2.75) is 26.7 Å². The Bertz CT molecular complexity index is 595. The quantitative estimate of drug-likeness (QED) is 0.753. The van der Waals surface area contributed by atoms with Gasteiger partial charge in [0.2, 0.25) is 5.82 Å². The van der Waals surface area contributed by atoms with Gasteiger partial charge in [-0.15, -0.1) is 5.10 Å². The van der Waals surface area contributed by atoms with Crippen molar-refractivity contribution < 1.29 is 9.90 Å². The number of carbonyl (C=O) groups excluding carboxylic acids is 1. The third-order valence-corrected chi connectivity index (χ3v) is 3.10. The largest absolute Gasteiger partial charge is 0.396 e. The summed E-state index contributed by atoms with van der Waals surface area (Å²) in [5, 5.41) is 15.8. The molecule has 0 bridgehead atoms. The van der Waals surface area contributed by atoms with Crippen molar-refractivity contribution in [1.82, 2.24) is 24.9 Å². The molecule has 0 spiro atoms. The van der Waals surface area contributed by atoms with Crippen molar-refractivity contribution in [3.63, 3.8) is 0 Å². The third-order valence-electron chi connectivity index (χ3n) is 3.10. The van der Waals surface area contributed by atoms with E-state index < -0.39 is 0 Å². The second-order valence-electron chi connectivity index (χ2n) is 4.92. The molecule has 0 aliphatic rings. The molecule has 20 heavy (non-hydrogen) atoms. The number of aryl methyl sites for hydroxylation is 1. The number of nitrogens with one attached hydrogen (secondary N) is 1. The van der Waals surface area contributed by atoms with Crippen LogP contribution in [0, 0.1) is 12.8 Å². The van der Waals surface area contributed by atoms with Crippen LogP contribution in [0.25, 0.3) is 5.78 Å². The summed E-state index contributed by atoms with van der Waals surface area (Å²) in [7, 11) is 0. The van der Waals surface area contributed by atoms with Crippen LogP contribution in [0.5, 0.6) is 0 Å². The molecule has 0 saturated carbocycles. The zero-order valence-corrected chi connectivity index (χ0v) is 11.7. The van der Waals surface area contributed by atoms with Crippen LogP contribution in [0.3, 0.4) is 0 Å². The number of hydrogen-bond donors (Lipinski definition) is 2. The molecule has 2 N–H and O–H groups in total. The zero-order valence-electron chi connectivity index (χ0n) is 11.7. The van der Waals surface area contributed by atoms with E-state index in [4.69, 9.17) is 5.11 Å². The molecule has 0 fully saturated rings. The molecular formula is C13H19N5O2. The van der Waals surface area contributed by atoms with Crippen LogP contribution < -0.4 is 5.32 Å². The van der Waals surface area contributed by atoms with Gasteiger partial charge in [-0.3, -0.25) is 4.79 Å². The van der Waals surface area contributed by atoms with E-state index >= 15 is 0 Å². The van der Waals surface area contributed by atoms with Crippen LogP contribution in [-0.4, -0.2) is 43.7 Å². The summed E-state index contributed by atoms with van der Waals surface area (Å²) in [6.45, 7) is 4.57. The summed E-state index contributed by atoms with van der Waals surface area (Å²) < 4.78 is 1.54. The van der Waals surface area contributed by atoms with Crippen molar-refractivity contribution in [3.05, 3.63) is 23.8 Å². The molecule has 0 radical (unpaired) electrons. The lowest BCUT2D eigenvalue weighted by atomic mass is 10.1. The number of aromatic nitrogens is 4. The van der Waals surface area contributed by atoms with E-state index in [0.29, 0.717) is 12.3 Å². The van der Waals surface area contributed by atoms with Gasteiger partial charge in [-0.2, -0.15) is 4.98 Å². The minimum absolute atomic E-state index is 0.127. The van der Waals surface area contributed by atoms with E-state index in [2.05, 4.69) is 20.4 Å². The lowest BCUT2D eigenvalue weighted by Crippen LogP contribution is -2.26. The number of nitrogens with zero attached hydrogens (tertiary/aromatic N) is 4. The zero-order chi connectivity index (χ0) is 14.5. The molecule has 0 aromatic carbocycles. The van der Waals surface area contributed by atoms with Gasteiger partial charge in [-0.05, 0) is 31.7 Å². The highest BCUT2D eigenvalue weighted by atomic mass is 16.3. The molecule has 0 aliphatic heterocycles. The van der Waals surface area contributed by atoms with E-state index in [1.165, 1.54) is 0 Å². The molecule has 1 unspecified atom stereocenters. The summed E-state index contributed by atoms with van der Waals surface area (Å²) in [6, 6.07) is 1.81. The Morgan fingerprint density at radius 2 is 2.35 bits per heavy atom. The minimum atomic E-state index is -0.299. The van der Waals surface area contributed by atoms with E-state index in [1.54, 1.807) is 16.8 Å². The van der Waals surface area contributed by atoms with Gasteiger partial charge in [0.05, 0.1) is 0 Å².